The molecule has 0 saturated heterocycles. The number of hydrogen-bond acceptors (Lipinski definition) is 8. The van der Waals surface area contributed by atoms with Crippen molar-refractivity contribution in [3.8, 4) is 17.0 Å². The monoisotopic (exact) mass is 511 g/mol. The number of primary amides is 1. The average Bonchev–Trinajstić information content (AvgIpc) is 3.28. The summed E-state index contributed by atoms with van der Waals surface area (Å²) in [5.41, 5.74) is 7.30. The van der Waals surface area contributed by atoms with E-state index in [4.69, 9.17) is 10.5 Å². The summed E-state index contributed by atoms with van der Waals surface area (Å²) in [6.45, 7) is 1.54. The first-order chi connectivity index (χ1) is 17.3. The van der Waals surface area contributed by atoms with E-state index in [0.717, 1.165) is 0 Å². The van der Waals surface area contributed by atoms with Gasteiger partial charge in [0.15, 0.2) is 5.82 Å². The van der Waals surface area contributed by atoms with Crippen molar-refractivity contribution in [1.29, 1.82) is 0 Å². The summed E-state index contributed by atoms with van der Waals surface area (Å²) in [6.07, 6.45) is 4.42. The third-order valence-corrected chi connectivity index (χ3v) is 6.34. The highest BCUT2D eigenvalue weighted by Gasteiger charge is 2.22. The first kappa shape index (κ1) is 24.6. The van der Waals surface area contributed by atoms with Crippen molar-refractivity contribution in [2.45, 2.75) is 13.5 Å². The van der Waals surface area contributed by atoms with E-state index < -0.39 is 15.9 Å². The molecule has 5 N–H and O–H groups in total. The number of nitrogens with zero attached hydrogens (tertiary/aromatic N) is 3. The Hall–Kier alpha value is -4.52. The molecule has 4 aromatic rings. The molecule has 1 amide bonds. The fraction of sp³-hybridized carbons (Fsp3) is 0.130. The normalized spacial score (nSPS) is 11.2. The van der Waals surface area contributed by atoms with Crippen LogP contribution in [0.15, 0.2) is 61.1 Å². The van der Waals surface area contributed by atoms with E-state index in [9.17, 15) is 17.6 Å². The van der Waals surface area contributed by atoms with Gasteiger partial charge in [0.05, 0.1) is 23.3 Å². The lowest BCUT2D eigenvalue weighted by Crippen LogP contribution is -2.15. The minimum Gasteiger partial charge on any atom is -0.487 e. The number of rotatable bonds is 10. The zero-order valence-corrected chi connectivity index (χ0v) is 19.8. The molecular formula is C23H22FN7O4S. The first-order valence-corrected chi connectivity index (χ1v) is 12.3. The fourth-order valence-corrected chi connectivity index (χ4v) is 3.88. The molecule has 0 radical (unpaired) electrons. The Morgan fingerprint density at radius 1 is 1.17 bits per heavy atom. The second-order valence-electron chi connectivity index (χ2n) is 7.53. The minimum atomic E-state index is -3.61. The van der Waals surface area contributed by atoms with Crippen molar-refractivity contribution in [3.63, 3.8) is 0 Å². The number of carbonyl (C=O) groups excluding carboxylic acids is 1. The van der Waals surface area contributed by atoms with Crippen LogP contribution in [0, 0.1) is 5.82 Å². The Kier molecular flexibility index (Phi) is 7.10. The maximum Gasteiger partial charge on any atom is 0.254 e. The third-order valence-electron chi connectivity index (χ3n) is 5.05. The number of aromatic amines is 1. The second-order valence-corrected chi connectivity index (χ2v) is 9.54. The zero-order valence-electron chi connectivity index (χ0n) is 19.0. The standard InChI is InChI=1S/C23H22FN7O4S/c1-2-36(33,34)31-17-8-5-15(11-18(17)35-13-14-3-6-16(24)7-4-14)21-20(22(25)32)23(30-29-21)28-19-12-26-9-10-27-19/h3-12,31H,2,13H2,1H3,(H2,25,32)(H2,27,28,29,30). The number of carbonyl (C=O) groups is 1. The van der Waals surface area contributed by atoms with Crippen LogP contribution in [0.1, 0.15) is 22.8 Å². The van der Waals surface area contributed by atoms with Gasteiger partial charge in [-0.05, 0) is 36.8 Å². The molecule has 13 heteroatoms. The summed E-state index contributed by atoms with van der Waals surface area (Å²) in [7, 11) is -3.61. The number of anilines is 3. The molecule has 2 heterocycles. The van der Waals surface area contributed by atoms with Crippen molar-refractivity contribution in [3.05, 3.63) is 78.0 Å². The molecule has 0 atom stereocenters. The van der Waals surface area contributed by atoms with Crippen LogP contribution in [0.3, 0.4) is 0 Å². The molecule has 0 aliphatic rings. The maximum atomic E-state index is 13.2. The minimum absolute atomic E-state index is 0.0374. The maximum absolute atomic E-state index is 13.2. The molecule has 0 aliphatic heterocycles. The molecule has 0 unspecified atom stereocenters. The molecule has 0 fully saturated rings. The van der Waals surface area contributed by atoms with Gasteiger partial charge in [-0.2, -0.15) is 5.10 Å². The Morgan fingerprint density at radius 3 is 2.61 bits per heavy atom. The highest BCUT2D eigenvalue weighted by atomic mass is 32.2. The van der Waals surface area contributed by atoms with Crippen molar-refractivity contribution < 1.29 is 22.3 Å². The predicted octanol–water partition coefficient (Wildman–Crippen LogP) is 3.19. The van der Waals surface area contributed by atoms with Crippen molar-refractivity contribution in [2.24, 2.45) is 5.73 Å². The number of halogens is 1. The van der Waals surface area contributed by atoms with Crippen LogP contribution in [-0.2, 0) is 16.6 Å². The first-order valence-electron chi connectivity index (χ1n) is 10.7. The number of sulfonamides is 1. The second kappa shape index (κ2) is 10.4. The topological polar surface area (TPSA) is 165 Å². The molecule has 36 heavy (non-hydrogen) atoms. The molecule has 11 nitrogen and oxygen atoms in total. The number of benzene rings is 2. The molecule has 186 valence electrons. The Bertz CT molecular complexity index is 1480. The van der Waals surface area contributed by atoms with Crippen LogP contribution < -0.4 is 20.5 Å². The quantitative estimate of drug-likeness (QED) is 0.252. The van der Waals surface area contributed by atoms with Gasteiger partial charge >= 0.3 is 0 Å². The van der Waals surface area contributed by atoms with Crippen molar-refractivity contribution in [1.82, 2.24) is 20.2 Å². The summed E-state index contributed by atoms with van der Waals surface area (Å²) in [5, 5.41) is 9.81. The van der Waals surface area contributed by atoms with Gasteiger partial charge in [-0.15, -0.1) is 0 Å². The SMILES string of the molecule is CCS(=O)(=O)Nc1ccc(-c2[nH]nc(Nc3cnccn3)c2C(N)=O)cc1OCc1ccc(F)cc1. The number of nitrogens with two attached hydrogens (primary N) is 1. The Labute approximate surface area is 206 Å². The molecule has 4 rings (SSSR count). The third kappa shape index (κ3) is 5.75. The molecule has 0 spiro atoms. The Balaban J connectivity index is 1.71. The number of amides is 1. The summed E-state index contributed by atoms with van der Waals surface area (Å²) >= 11 is 0. The van der Waals surface area contributed by atoms with Gasteiger partial charge in [0.25, 0.3) is 5.91 Å². The van der Waals surface area contributed by atoms with Crippen LogP contribution in [0.25, 0.3) is 11.3 Å². The van der Waals surface area contributed by atoms with Gasteiger partial charge < -0.3 is 15.8 Å². The molecule has 0 saturated carbocycles. The summed E-state index contributed by atoms with van der Waals surface area (Å²) < 4.78 is 46.0. The van der Waals surface area contributed by atoms with Crippen molar-refractivity contribution in [2.75, 3.05) is 15.8 Å². The van der Waals surface area contributed by atoms with Crippen LogP contribution in [0.4, 0.5) is 21.7 Å². The molecule has 0 aliphatic carbocycles. The summed E-state index contributed by atoms with van der Waals surface area (Å²) in [6, 6.07) is 10.3. The van der Waals surface area contributed by atoms with E-state index in [2.05, 4.69) is 30.2 Å². The van der Waals surface area contributed by atoms with Crippen LogP contribution in [0.5, 0.6) is 5.75 Å². The highest BCUT2D eigenvalue weighted by Crippen LogP contribution is 2.35. The average molecular weight is 512 g/mol. The number of ether oxygens (including phenoxy) is 1. The number of H-pyrrole nitrogens is 1. The Morgan fingerprint density at radius 2 is 1.94 bits per heavy atom. The van der Waals surface area contributed by atoms with Gasteiger partial charge in [0.1, 0.15) is 29.6 Å². The zero-order chi connectivity index (χ0) is 25.7. The smallest absolute Gasteiger partial charge is 0.254 e. The summed E-state index contributed by atoms with van der Waals surface area (Å²) in [5.74, 6) is -0.609. The number of hydrogen-bond donors (Lipinski definition) is 4. The number of nitrogens with one attached hydrogen (secondary N) is 3. The van der Waals surface area contributed by atoms with Crippen molar-refractivity contribution >= 4 is 33.3 Å². The lowest BCUT2D eigenvalue weighted by molar-refractivity contribution is 0.100. The van der Waals surface area contributed by atoms with E-state index in [1.165, 1.54) is 43.7 Å². The van der Waals surface area contributed by atoms with E-state index in [0.29, 0.717) is 16.9 Å². The van der Waals surface area contributed by atoms with E-state index >= 15 is 0 Å². The van der Waals surface area contributed by atoms with Gasteiger partial charge in [-0.3, -0.25) is 19.6 Å². The summed E-state index contributed by atoms with van der Waals surface area (Å²) in [4.78, 5) is 20.4. The van der Waals surface area contributed by atoms with E-state index in [-0.39, 0.29) is 46.7 Å². The van der Waals surface area contributed by atoms with Crippen LogP contribution in [-0.4, -0.2) is 40.2 Å². The fourth-order valence-electron chi connectivity index (χ4n) is 3.23. The molecule has 2 aromatic carbocycles. The van der Waals surface area contributed by atoms with E-state index in [1.54, 1.807) is 24.3 Å². The van der Waals surface area contributed by atoms with Crippen LogP contribution in [0.2, 0.25) is 0 Å². The van der Waals surface area contributed by atoms with Gasteiger partial charge in [0.2, 0.25) is 10.0 Å². The molecular weight excluding hydrogens is 489 g/mol. The predicted molar refractivity (Wildman–Crippen MR) is 132 cm³/mol. The number of aromatic nitrogens is 4. The van der Waals surface area contributed by atoms with Gasteiger partial charge in [-0.1, -0.05) is 18.2 Å². The van der Waals surface area contributed by atoms with Gasteiger partial charge in [-0.25, -0.2) is 17.8 Å². The molecule has 2 aromatic heterocycles. The van der Waals surface area contributed by atoms with Crippen LogP contribution >= 0.6 is 0 Å². The van der Waals surface area contributed by atoms with E-state index in [1.807, 2.05) is 0 Å². The largest absolute Gasteiger partial charge is 0.487 e. The van der Waals surface area contributed by atoms with Gasteiger partial charge in [0, 0.05) is 18.0 Å². The highest BCUT2D eigenvalue weighted by molar-refractivity contribution is 7.92. The lowest BCUT2D eigenvalue weighted by atomic mass is 10.1. The lowest BCUT2D eigenvalue weighted by Gasteiger charge is -2.15. The molecule has 0 bridgehead atoms.